The lowest BCUT2D eigenvalue weighted by Gasteiger charge is -2.31. The third-order valence-corrected chi connectivity index (χ3v) is 5.91. The van der Waals surface area contributed by atoms with E-state index in [0.717, 1.165) is 16.9 Å². The number of rotatable bonds is 4. The average Bonchev–Trinajstić information content (AvgIpc) is 3.24. The minimum Gasteiger partial charge on any atom is -0.465 e. The van der Waals surface area contributed by atoms with Crippen LogP contribution in [0.25, 0.3) is 28.2 Å². The lowest BCUT2D eigenvalue weighted by atomic mass is 10.1. The van der Waals surface area contributed by atoms with Crippen LogP contribution in [-0.4, -0.2) is 59.8 Å². The first-order valence-electron chi connectivity index (χ1n) is 11.1. The van der Waals surface area contributed by atoms with Gasteiger partial charge in [0.2, 0.25) is 0 Å². The molecule has 4 aromatic rings. The molecule has 0 radical (unpaired) electrons. The maximum Gasteiger partial charge on any atom is 0.407 e. The predicted octanol–water partition coefficient (Wildman–Crippen LogP) is 4.16. The molecule has 0 unspecified atom stereocenters. The number of aromatic nitrogens is 5. The first-order chi connectivity index (χ1) is 16.4. The van der Waals surface area contributed by atoms with E-state index in [2.05, 4.69) is 25.4 Å². The molecule has 5 rings (SSSR count). The van der Waals surface area contributed by atoms with Crippen LogP contribution in [0.3, 0.4) is 0 Å². The molecule has 1 atom stereocenters. The SMILES string of the molecule is Cc1cc(-c2nc(-c3cnn4ccccc34)nc(N[C@@H]3CCCN(C(=O)O)C3)c2F)cc(C)n1. The van der Waals surface area contributed by atoms with Gasteiger partial charge in [-0.3, -0.25) is 4.98 Å². The molecule has 174 valence electrons. The Bertz CT molecular complexity index is 1370. The highest BCUT2D eigenvalue weighted by atomic mass is 19.1. The van der Waals surface area contributed by atoms with E-state index in [-0.39, 0.29) is 24.1 Å². The van der Waals surface area contributed by atoms with Crippen molar-refractivity contribution in [2.75, 3.05) is 18.4 Å². The van der Waals surface area contributed by atoms with Crippen LogP contribution in [0.5, 0.6) is 0 Å². The van der Waals surface area contributed by atoms with Gasteiger partial charge in [-0.2, -0.15) is 5.10 Å². The third-order valence-electron chi connectivity index (χ3n) is 5.91. The molecule has 5 heterocycles. The number of pyridine rings is 2. The second-order valence-electron chi connectivity index (χ2n) is 8.50. The molecule has 2 N–H and O–H groups in total. The van der Waals surface area contributed by atoms with Crippen LogP contribution >= 0.6 is 0 Å². The van der Waals surface area contributed by atoms with Gasteiger partial charge in [-0.25, -0.2) is 23.7 Å². The van der Waals surface area contributed by atoms with Crippen LogP contribution in [0.1, 0.15) is 24.2 Å². The zero-order valence-electron chi connectivity index (χ0n) is 18.9. The summed E-state index contributed by atoms with van der Waals surface area (Å²) in [4.78, 5) is 26.3. The second-order valence-corrected chi connectivity index (χ2v) is 8.50. The molecule has 0 bridgehead atoms. The lowest BCUT2D eigenvalue weighted by Crippen LogP contribution is -2.44. The fraction of sp³-hybridized carbons (Fsp3) is 0.292. The van der Waals surface area contributed by atoms with E-state index in [4.69, 9.17) is 0 Å². The molecule has 0 aliphatic carbocycles. The first-order valence-corrected chi connectivity index (χ1v) is 11.1. The van der Waals surface area contributed by atoms with Crippen LogP contribution in [0.2, 0.25) is 0 Å². The summed E-state index contributed by atoms with van der Waals surface area (Å²) in [5.74, 6) is -0.213. The highest BCUT2D eigenvalue weighted by Gasteiger charge is 2.26. The van der Waals surface area contributed by atoms with Crippen LogP contribution in [0, 0.1) is 19.7 Å². The third kappa shape index (κ3) is 4.14. The lowest BCUT2D eigenvalue weighted by molar-refractivity contribution is 0.132. The Morgan fingerprint density at radius 1 is 1.18 bits per heavy atom. The van der Waals surface area contributed by atoms with Crippen molar-refractivity contribution in [2.45, 2.75) is 32.7 Å². The Morgan fingerprint density at radius 2 is 1.97 bits per heavy atom. The number of amides is 1. The van der Waals surface area contributed by atoms with Gasteiger partial charge in [0, 0.05) is 42.3 Å². The van der Waals surface area contributed by atoms with Crippen molar-refractivity contribution >= 4 is 17.4 Å². The predicted molar refractivity (Wildman–Crippen MR) is 125 cm³/mol. The Morgan fingerprint density at radius 3 is 2.74 bits per heavy atom. The quantitative estimate of drug-likeness (QED) is 0.470. The average molecular weight is 462 g/mol. The molecular weight excluding hydrogens is 437 g/mol. The summed E-state index contributed by atoms with van der Waals surface area (Å²) < 4.78 is 17.5. The van der Waals surface area contributed by atoms with Gasteiger partial charge in [0.1, 0.15) is 5.69 Å². The number of anilines is 1. The molecule has 4 aromatic heterocycles. The number of halogens is 1. The van der Waals surface area contributed by atoms with Gasteiger partial charge >= 0.3 is 6.09 Å². The fourth-order valence-electron chi connectivity index (χ4n) is 4.39. The summed E-state index contributed by atoms with van der Waals surface area (Å²) in [5.41, 5.74) is 3.73. The van der Waals surface area contributed by atoms with Crippen molar-refractivity contribution in [1.29, 1.82) is 0 Å². The smallest absolute Gasteiger partial charge is 0.407 e. The summed E-state index contributed by atoms with van der Waals surface area (Å²) in [5, 5.41) is 16.9. The number of hydrogen-bond donors (Lipinski definition) is 2. The number of likely N-dealkylation sites (tertiary alicyclic amines) is 1. The molecule has 34 heavy (non-hydrogen) atoms. The number of nitrogens with zero attached hydrogens (tertiary/aromatic N) is 6. The maximum absolute atomic E-state index is 15.8. The number of piperidine rings is 1. The Hall–Kier alpha value is -4.08. The zero-order chi connectivity index (χ0) is 23.8. The largest absolute Gasteiger partial charge is 0.465 e. The number of fused-ring (bicyclic) bond motifs is 1. The van der Waals surface area contributed by atoms with E-state index in [1.807, 2.05) is 38.2 Å². The van der Waals surface area contributed by atoms with E-state index in [1.54, 1.807) is 22.8 Å². The van der Waals surface area contributed by atoms with Crippen LogP contribution in [-0.2, 0) is 0 Å². The molecule has 1 amide bonds. The molecular formula is C24H24FN7O2. The van der Waals surface area contributed by atoms with Gasteiger partial charge in [-0.1, -0.05) is 6.07 Å². The zero-order valence-corrected chi connectivity index (χ0v) is 18.9. The van der Waals surface area contributed by atoms with Crippen molar-refractivity contribution in [3.63, 3.8) is 0 Å². The molecule has 1 aliphatic rings. The van der Waals surface area contributed by atoms with Crippen LogP contribution < -0.4 is 5.32 Å². The van der Waals surface area contributed by atoms with Crippen molar-refractivity contribution in [1.82, 2.24) is 29.5 Å². The fourth-order valence-corrected chi connectivity index (χ4v) is 4.39. The molecule has 1 saturated heterocycles. The van der Waals surface area contributed by atoms with E-state index in [1.165, 1.54) is 4.90 Å². The topological polar surface area (TPSA) is 109 Å². The minimum atomic E-state index is -0.981. The Balaban J connectivity index is 1.63. The second kappa shape index (κ2) is 8.69. The molecule has 0 spiro atoms. The van der Waals surface area contributed by atoms with E-state index in [9.17, 15) is 9.90 Å². The molecule has 9 nitrogen and oxygen atoms in total. The summed E-state index contributed by atoms with van der Waals surface area (Å²) in [6.07, 6.45) is 3.90. The van der Waals surface area contributed by atoms with Gasteiger partial charge < -0.3 is 15.3 Å². The van der Waals surface area contributed by atoms with Gasteiger partial charge in [-0.15, -0.1) is 0 Å². The van der Waals surface area contributed by atoms with Crippen LogP contribution in [0.15, 0.2) is 42.7 Å². The first kappa shape index (κ1) is 21.7. The number of carbonyl (C=O) groups is 1. The number of aryl methyl sites for hydroxylation is 2. The molecule has 1 aliphatic heterocycles. The van der Waals surface area contributed by atoms with Gasteiger partial charge in [-0.05, 0) is 51.0 Å². The number of hydrogen-bond acceptors (Lipinski definition) is 6. The standard InChI is InChI=1S/C24H24FN7O2/c1-14-10-16(11-15(2)27-14)21-20(25)23(28-17-6-5-8-31(13-17)24(33)34)30-22(29-21)18-12-26-32-9-4-3-7-19(18)32/h3-4,7,9-12,17H,5-6,8,13H2,1-2H3,(H,33,34)(H,28,29,30)/t17-/m1/s1. The van der Waals surface area contributed by atoms with E-state index < -0.39 is 11.9 Å². The van der Waals surface area contributed by atoms with E-state index in [0.29, 0.717) is 36.3 Å². The van der Waals surface area contributed by atoms with Crippen LogP contribution in [0.4, 0.5) is 15.0 Å². The Labute approximate surface area is 195 Å². The molecule has 0 aromatic carbocycles. The van der Waals surface area contributed by atoms with Gasteiger partial charge in [0.25, 0.3) is 0 Å². The van der Waals surface area contributed by atoms with Crippen molar-refractivity contribution < 1.29 is 14.3 Å². The summed E-state index contributed by atoms with van der Waals surface area (Å²) in [7, 11) is 0. The minimum absolute atomic E-state index is 0.0413. The molecule has 0 saturated carbocycles. The molecule has 10 heteroatoms. The normalized spacial score (nSPS) is 16.1. The van der Waals surface area contributed by atoms with E-state index >= 15 is 4.39 Å². The molecule has 1 fully saturated rings. The van der Waals surface area contributed by atoms with Crippen molar-refractivity contribution in [3.8, 4) is 22.6 Å². The Kier molecular flexibility index (Phi) is 5.56. The summed E-state index contributed by atoms with van der Waals surface area (Å²) >= 11 is 0. The number of nitrogens with one attached hydrogen (secondary N) is 1. The summed E-state index contributed by atoms with van der Waals surface area (Å²) in [6.45, 7) is 4.43. The highest BCUT2D eigenvalue weighted by Crippen LogP contribution is 2.31. The highest BCUT2D eigenvalue weighted by molar-refractivity contribution is 5.78. The van der Waals surface area contributed by atoms with Gasteiger partial charge in [0.15, 0.2) is 17.5 Å². The summed E-state index contributed by atoms with van der Waals surface area (Å²) in [6, 6.07) is 8.97. The monoisotopic (exact) mass is 461 g/mol. The van der Waals surface area contributed by atoms with Crippen molar-refractivity contribution in [2.24, 2.45) is 0 Å². The van der Waals surface area contributed by atoms with Gasteiger partial charge in [0.05, 0.1) is 17.3 Å². The van der Waals surface area contributed by atoms with Crippen molar-refractivity contribution in [3.05, 3.63) is 59.9 Å². The maximum atomic E-state index is 15.8. The number of carboxylic acid groups (broad SMARTS) is 1.